The Labute approximate surface area is 119 Å². The molecule has 20 heavy (non-hydrogen) atoms. The molecule has 3 rings (SSSR count). The summed E-state index contributed by atoms with van der Waals surface area (Å²) in [5.41, 5.74) is 2.09. The van der Waals surface area contributed by atoms with Gasteiger partial charge in [-0.15, -0.1) is 0 Å². The largest absolute Gasteiger partial charge is 0.476 e. The molecular formula is C16H23N3O. The molecule has 0 aromatic carbocycles. The first-order valence-corrected chi connectivity index (χ1v) is 7.39. The van der Waals surface area contributed by atoms with Crippen LogP contribution in [0.2, 0.25) is 0 Å². The number of nitrogens with zero attached hydrogens (tertiary/aromatic N) is 1. The van der Waals surface area contributed by atoms with Crippen LogP contribution < -0.4 is 10.1 Å². The number of hydrogen-bond acceptors (Lipinski definition) is 3. The molecule has 0 spiro atoms. The Balaban J connectivity index is 1.89. The third kappa shape index (κ3) is 2.66. The van der Waals surface area contributed by atoms with Crippen molar-refractivity contribution in [3.63, 3.8) is 0 Å². The molecule has 0 bridgehead atoms. The Kier molecular flexibility index (Phi) is 3.42. The van der Waals surface area contributed by atoms with E-state index in [2.05, 4.69) is 48.2 Å². The molecule has 1 saturated heterocycles. The Morgan fingerprint density at radius 2 is 2.25 bits per heavy atom. The van der Waals surface area contributed by atoms with Crippen molar-refractivity contribution in [3.8, 4) is 5.88 Å². The van der Waals surface area contributed by atoms with Gasteiger partial charge < -0.3 is 15.0 Å². The lowest BCUT2D eigenvalue weighted by atomic mass is 9.87. The average Bonchev–Trinajstić information content (AvgIpc) is 3.04. The zero-order chi connectivity index (χ0) is 14.2. The van der Waals surface area contributed by atoms with Gasteiger partial charge in [0.1, 0.15) is 12.3 Å². The Hall–Kier alpha value is -1.55. The summed E-state index contributed by atoms with van der Waals surface area (Å²) in [7, 11) is 0. The van der Waals surface area contributed by atoms with Gasteiger partial charge in [0.2, 0.25) is 5.88 Å². The first-order valence-electron chi connectivity index (χ1n) is 7.39. The second-order valence-corrected chi connectivity index (χ2v) is 6.61. The highest BCUT2D eigenvalue weighted by Crippen LogP contribution is 2.32. The Morgan fingerprint density at radius 1 is 1.40 bits per heavy atom. The predicted octanol–water partition coefficient (Wildman–Crippen LogP) is 2.99. The zero-order valence-corrected chi connectivity index (χ0v) is 12.5. The molecular weight excluding hydrogens is 250 g/mol. The summed E-state index contributed by atoms with van der Waals surface area (Å²) in [4.78, 5) is 7.82. The normalized spacial score (nSPS) is 19.6. The van der Waals surface area contributed by atoms with Crippen LogP contribution in [0.1, 0.15) is 39.2 Å². The van der Waals surface area contributed by atoms with Gasteiger partial charge in [-0.2, -0.15) is 4.98 Å². The van der Waals surface area contributed by atoms with E-state index in [0.717, 1.165) is 23.5 Å². The topological polar surface area (TPSA) is 49.9 Å². The van der Waals surface area contributed by atoms with Gasteiger partial charge in [0.15, 0.2) is 0 Å². The molecule has 0 saturated carbocycles. The fourth-order valence-corrected chi connectivity index (χ4v) is 2.69. The maximum absolute atomic E-state index is 6.03. The number of fused-ring (bicyclic) bond motifs is 1. The molecule has 108 valence electrons. The lowest BCUT2D eigenvalue weighted by Crippen LogP contribution is -2.29. The number of hydrogen-bond donors (Lipinski definition) is 2. The number of nitrogens with one attached hydrogen (secondary N) is 2. The second-order valence-electron chi connectivity index (χ2n) is 6.61. The lowest BCUT2D eigenvalue weighted by Gasteiger charge is -2.23. The van der Waals surface area contributed by atoms with Crippen LogP contribution in [-0.4, -0.2) is 29.2 Å². The molecule has 1 unspecified atom stereocenters. The van der Waals surface area contributed by atoms with Crippen LogP contribution in [0.3, 0.4) is 0 Å². The molecule has 1 aliphatic rings. The maximum Gasteiger partial charge on any atom is 0.219 e. The van der Waals surface area contributed by atoms with Crippen LogP contribution in [-0.2, 0) is 5.41 Å². The van der Waals surface area contributed by atoms with E-state index in [0.29, 0.717) is 12.6 Å². The van der Waals surface area contributed by atoms with E-state index >= 15 is 0 Å². The summed E-state index contributed by atoms with van der Waals surface area (Å²) in [5, 5.41) is 4.60. The Bertz CT molecular complexity index is 591. The molecule has 0 radical (unpaired) electrons. The van der Waals surface area contributed by atoms with Crippen LogP contribution in [0.5, 0.6) is 5.88 Å². The molecule has 2 aromatic heterocycles. The highest BCUT2D eigenvalue weighted by Gasteiger charge is 2.23. The van der Waals surface area contributed by atoms with E-state index in [1.165, 1.54) is 18.4 Å². The van der Waals surface area contributed by atoms with E-state index in [-0.39, 0.29) is 5.41 Å². The zero-order valence-electron chi connectivity index (χ0n) is 12.5. The van der Waals surface area contributed by atoms with Crippen molar-refractivity contribution in [2.24, 2.45) is 0 Å². The highest BCUT2D eigenvalue weighted by atomic mass is 16.5. The smallest absolute Gasteiger partial charge is 0.219 e. The molecule has 1 aliphatic heterocycles. The van der Waals surface area contributed by atoms with Crippen molar-refractivity contribution in [2.45, 2.75) is 45.1 Å². The molecule has 2 aromatic rings. The second kappa shape index (κ2) is 5.09. The van der Waals surface area contributed by atoms with E-state index in [1.54, 1.807) is 0 Å². The number of pyridine rings is 1. The molecule has 2 N–H and O–H groups in total. The third-order valence-electron chi connectivity index (χ3n) is 3.89. The highest BCUT2D eigenvalue weighted by molar-refractivity contribution is 5.77. The molecule has 4 heteroatoms. The summed E-state index contributed by atoms with van der Waals surface area (Å²) in [6.45, 7) is 8.39. The van der Waals surface area contributed by atoms with E-state index in [9.17, 15) is 0 Å². The number of H-pyrrole nitrogens is 1. The standard InChI is InChI=1S/C16H23N3O/c1-16(2,3)13-9-11-6-8-18-14(11)19-15(13)20-10-12-5-4-7-17-12/h6,8-9,12,17H,4-5,7,10H2,1-3H3,(H,18,19). The van der Waals surface area contributed by atoms with Crippen molar-refractivity contribution in [1.29, 1.82) is 0 Å². The lowest BCUT2D eigenvalue weighted by molar-refractivity contribution is 0.262. The molecule has 0 aliphatic carbocycles. The Morgan fingerprint density at radius 3 is 2.95 bits per heavy atom. The molecule has 1 fully saturated rings. The predicted molar refractivity (Wildman–Crippen MR) is 81.3 cm³/mol. The number of ether oxygens (including phenoxy) is 1. The minimum atomic E-state index is 0.0247. The summed E-state index contributed by atoms with van der Waals surface area (Å²) < 4.78 is 6.03. The van der Waals surface area contributed by atoms with Crippen molar-refractivity contribution < 1.29 is 4.74 Å². The first-order chi connectivity index (χ1) is 9.54. The summed E-state index contributed by atoms with van der Waals surface area (Å²) in [5.74, 6) is 0.765. The van der Waals surface area contributed by atoms with Gasteiger partial charge >= 0.3 is 0 Å². The maximum atomic E-state index is 6.03. The van der Waals surface area contributed by atoms with Crippen molar-refractivity contribution in [2.75, 3.05) is 13.2 Å². The molecule has 0 amide bonds. The van der Waals surface area contributed by atoms with Gasteiger partial charge in [-0.3, -0.25) is 0 Å². The summed E-state index contributed by atoms with van der Waals surface area (Å²) in [6, 6.07) is 4.71. The van der Waals surface area contributed by atoms with Crippen LogP contribution in [0, 0.1) is 0 Å². The minimum Gasteiger partial charge on any atom is -0.476 e. The van der Waals surface area contributed by atoms with E-state index in [4.69, 9.17) is 4.74 Å². The number of rotatable bonds is 3. The van der Waals surface area contributed by atoms with Crippen LogP contribution in [0.25, 0.3) is 11.0 Å². The van der Waals surface area contributed by atoms with Crippen LogP contribution >= 0.6 is 0 Å². The number of aromatic nitrogens is 2. The van der Waals surface area contributed by atoms with Gasteiger partial charge in [0.05, 0.1) is 0 Å². The van der Waals surface area contributed by atoms with Crippen molar-refractivity contribution in [1.82, 2.24) is 15.3 Å². The first kappa shape index (κ1) is 13.4. The number of aromatic amines is 1. The average molecular weight is 273 g/mol. The fraction of sp³-hybridized carbons (Fsp3) is 0.562. The van der Waals surface area contributed by atoms with Gasteiger partial charge in [0.25, 0.3) is 0 Å². The van der Waals surface area contributed by atoms with E-state index < -0.39 is 0 Å². The van der Waals surface area contributed by atoms with Crippen molar-refractivity contribution in [3.05, 3.63) is 23.9 Å². The quantitative estimate of drug-likeness (QED) is 0.904. The molecule has 1 atom stereocenters. The summed E-state index contributed by atoms with van der Waals surface area (Å²) >= 11 is 0. The summed E-state index contributed by atoms with van der Waals surface area (Å²) in [6.07, 6.45) is 4.35. The van der Waals surface area contributed by atoms with Gasteiger partial charge in [-0.1, -0.05) is 20.8 Å². The minimum absolute atomic E-state index is 0.0247. The van der Waals surface area contributed by atoms with Crippen molar-refractivity contribution >= 4 is 11.0 Å². The monoisotopic (exact) mass is 273 g/mol. The van der Waals surface area contributed by atoms with Crippen LogP contribution in [0.4, 0.5) is 0 Å². The fourth-order valence-electron chi connectivity index (χ4n) is 2.69. The van der Waals surface area contributed by atoms with Gasteiger partial charge in [0, 0.05) is 23.2 Å². The van der Waals surface area contributed by atoms with Gasteiger partial charge in [-0.05, 0) is 36.9 Å². The molecule has 4 nitrogen and oxygen atoms in total. The van der Waals surface area contributed by atoms with Crippen LogP contribution in [0.15, 0.2) is 18.3 Å². The third-order valence-corrected chi connectivity index (χ3v) is 3.89. The van der Waals surface area contributed by atoms with Gasteiger partial charge in [-0.25, -0.2) is 0 Å². The molecule has 3 heterocycles. The van der Waals surface area contributed by atoms with E-state index in [1.807, 2.05) is 6.20 Å². The SMILES string of the molecule is CC(C)(C)c1cc2cc[nH]c2nc1OCC1CCCN1.